The van der Waals surface area contributed by atoms with Crippen LogP contribution in [0.2, 0.25) is 0 Å². The average Bonchev–Trinajstić information content (AvgIpc) is 2.88. The molecule has 0 radical (unpaired) electrons. The van der Waals surface area contributed by atoms with Gasteiger partial charge in [-0.25, -0.2) is 4.39 Å². The number of rotatable bonds is 5. The predicted molar refractivity (Wildman–Crippen MR) is 74.6 cm³/mol. The van der Waals surface area contributed by atoms with Crippen molar-refractivity contribution in [3.8, 4) is 0 Å². The number of carbonyl (C=O) groups is 1. The summed E-state index contributed by atoms with van der Waals surface area (Å²) in [5, 5.41) is 9.24. The number of halogens is 1. The molecule has 2 rings (SSSR count). The van der Waals surface area contributed by atoms with Crippen LogP contribution in [0.3, 0.4) is 0 Å². The van der Waals surface area contributed by atoms with E-state index in [1.807, 2.05) is 4.90 Å². The zero-order chi connectivity index (χ0) is 14.5. The van der Waals surface area contributed by atoms with Gasteiger partial charge in [-0.3, -0.25) is 9.69 Å². The molecule has 1 aliphatic heterocycles. The first kappa shape index (κ1) is 14.9. The van der Waals surface area contributed by atoms with Crippen LogP contribution >= 0.6 is 0 Å². The second kappa shape index (κ2) is 6.81. The van der Waals surface area contributed by atoms with Gasteiger partial charge in [-0.05, 0) is 25.5 Å². The van der Waals surface area contributed by atoms with Crippen molar-refractivity contribution in [2.45, 2.75) is 25.4 Å². The van der Waals surface area contributed by atoms with Gasteiger partial charge in [0, 0.05) is 25.2 Å². The minimum Gasteiger partial charge on any atom is -0.395 e. The minimum atomic E-state index is -0.290. The van der Waals surface area contributed by atoms with Gasteiger partial charge in [-0.1, -0.05) is 18.2 Å². The van der Waals surface area contributed by atoms with Crippen molar-refractivity contribution >= 4 is 5.91 Å². The van der Waals surface area contributed by atoms with E-state index in [-0.39, 0.29) is 37.5 Å². The Hall–Kier alpha value is -1.46. The molecule has 1 N–H and O–H groups in total. The molecule has 1 aromatic carbocycles. The average molecular weight is 280 g/mol. The number of aliphatic hydroxyl groups excluding tert-OH is 1. The van der Waals surface area contributed by atoms with Crippen LogP contribution in [0.1, 0.15) is 18.4 Å². The van der Waals surface area contributed by atoms with Crippen LogP contribution in [0.4, 0.5) is 4.39 Å². The third-order valence-corrected chi connectivity index (χ3v) is 3.84. The summed E-state index contributed by atoms with van der Waals surface area (Å²) in [5.41, 5.74) is 0.517. The minimum absolute atomic E-state index is 0.0476. The van der Waals surface area contributed by atoms with Crippen LogP contribution in [-0.4, -0.2) is 53.6 Å². The molecule has 20 heavy (non-hydrogen) atoms. The second-order valence-corrected chi connectivity index (χ2v) is 5.29. The third kappa shape index (κ3) is 3.55. The predicted octanol–water partition coefficient (Wildman–Crippen LogP) is 1.24. The number of aliphatic hydroxyl groups is 1. The number of carbonyl (C=O) groups excluding carboxylic acids is 1. The van der Waals surface area contributed by atoms with E-state index in [1.54, 1.807) is 25.2 Å². The highest BCUT2D eigenvalue weighted by Crippen LogP contribution is 2.16. The molecule has 1 heterocycles. The third-order valence-electron chi connectivity index (χ3n) is 3.84. The lowest BCUT2D eigenvalue weighted by atomic mass is 10.2. The van der Waals surface area contributed by atoms with E-state index in [9.17, 15) is 14.3 Å². The molecule has 110 valence electrons. The molecule has 1 fully saturated rings. The zero-order valence-electron chi connectivity index (χ0n) is 11.8. The van der Waals surface area contributed by atoms with Crippen LogP contribution in [0, 0.1) is 5.82 Å². The molecule has 0 bridgehead atoms. The van der Waals surface area contributed by atoms with Gasteiger partial charge < -0.3 is 10.0 Å². The molecule has 0 saturated carbocycles. The molecule has 0 aromatic heterocycles. The molecule has 0 unspecified atom stereocenters. The van der Waals surface area contributed by atoms with Gasteiger partial charge in [0.1, 0.15) is 5.82 Å². The largest absolute Gasteiger partial charge is 0.395 e. The van der Waals surface area contributed by atoms with E-state index in [0.717, 1.165) is 19.4 Å². The Morgan fingerprint density at radius 2 is 2.25 bits per heavy atom. The summed E-state index contributed by atoms with van der Waals surface area (Å²) in [6.07, 6.45) is 1.94. The van der Waals surface area contributed by atoms with Gasteiger partial charge in [-0.15, -0.1) is 0 Å². The van der Waals surface area contributed by atoms with E-state index in [0.29, 0.717) is 5.56 Å². The first-order valence-electron chi connectivity index (χ1n) is 6.94. The van der Waals surface area contributed by atoms with Gasteiger partial charge in [0.25, 0.3) is 0 Å². The van der Waals surface area contributed by atoms with Crippen LogP contribution in [0.5, 0.6) is 0 Å². The van der Waals surface area contributed by atoms with E-state index in [2.05, 4.69) is 0 Å². The van der Waals surface area contributed by atoms with Gasteiger partial charge in [0.15, 0.2) is 0 Å². The number of amides is 1. The molecule has 0 spiro atoms. The number of nitrogens with zero attached hydrogens (tertiary/aromatic N) is 2. The number of hydrogen-bond donors (Lipinski definition) is 1. The van der Waals surface area contributed by atoms with Crippen molar-refractivity contribution in [3.05, 3.63) is 35.6 Å². The summed E-state index contributed by atoms with van der Waals surface area (Å²) in [7, 11) is 1.68. The van der Waals surface area contributed by atoms with E-state index in [1.165, 1.54) is 11.0 Å². The SMILES string of the molecule is CN(Cc1ccccc1F)C(=O)CN1CCC[C@H]1CO. The Balaban J connectivity index is 1.91. The van der Waals surface area contributed by atoms with E-state index < -0.39 is 0 Å². The van der Waals surface area contributed by atoms with Crippen molar-refractivity contribution in [1.29, 1.82) is 0 Å². The van der Waals surface area contributed by atoms with Crippen molar-refractivity contribution in [3.63, 3.8) is 0 Å². The molecule has 5 heteroatoms. The Labute approximate surface area is 118 Å². The zero-order valence-corrected chi connectivity index (χ0v) is 11.8. The van der Waals surface area contributed by atoms with Gasteiger partial charge in [0.2, 0.25) is 5.91 Å². The van der Waals surface area contributed by atoms with Crippen LogP contribution in [0.15, 0.2) is 24.3 Å². The number of likely N-dealkylation sites (N-methyl/N-ethyl adjacent to an activating group) is 1. The van der Waals surface area contributed by atoms with Gasteiger partial charge in [-0.2, -0.15) is 0 Å². The highest BCUT2D eigenvalue weighted by molar-refractivity contribution is 5.78. The molecule has 1 saturated heterocycles. The first-order valence-corrected chi connectivity index (χ1v) is 6.94. The number of benzene rings is 1. The fourth-order valence-corrected chi connectivity index (χ4v) is 2.57. The van der Waals surface area contributed by atoms with Gasteiger partial charge in [0.05, 0.1) is 13.2 Å². The summed E-state index contributed by atoms with van der Waals surface area (Å²) in [6.45, 7) is 1.48. The monoisotopic (exact) mass is 280 g/mol. The van der Waals surface area contributed by atoms with E-state index in [4.69, 9.17) is 0 Å². The van der Waals surface area contributed by atoms with Crippen LogP contribution in [-0.2, 0) is 11.3 Å². The maximum absolute atomic E-state index is 13.6. The highest BCUT2D eigenvalue weighted by Gasteiger charge is 2.26. The fraction of sp³-hybridized carbons (Fsp3) is 0.533. The lowest BCUT2D eigenvalue weighted by Gasteiger charge is -2.25. The fourth-order valence-electron chi connectivity index (χ4n) is 2.57. The van der Waals surface area contributed by atoms with Crippen LogP contribution < -0.4 is 0 Å². The molecule has 4 nitrogen and oxygen atoms in total. The number of likely N-dealkylation sites (tertiary alicyclic amines) is 1. The maximum atomic E-state index is 13.6. The lowest BCUT2D eigenvalue weighted by Crippen LogP contribution is -2.41. The smallest absolute Gasteiger partial charge is 0.236 e. The first-order chi connectivity index (χ1) is 9.61. The molecular weight excluding hydrogens is 259 g/mol. The summed E-state index contributed by atoms with van der Waals surface area (Å²) >= 11 is 0. The van der Waals surface area contributed by atoms with Crippen molar-refractivity contribution in [1.82, 2.24) is 9.80 Å². The van der Waals surface area contributed by atoms with Crippen molar-refractivity contribution < 1.29 is 14.3 Å². The maximum Gasteiger partial charge on any atom is 0.236 e. The molecule has 0 aliphatic carbocycles. The second-order valence-electron chi connectivity index (χ2n) is 5.29. The van der Waals surface area contributed by atoms with Crippen molar-refractivity contribution in [2.24, 2.45) is 0 Å². The normalized spacial score (nSPS) is 19.2. The molecule has 1 atom stereocenters. The summed E-state index contributed by atoms with van der Waals surface area (Å²) in [6, 6.07) is 6.57. The Morgan fingerprint density at radius 3 is 2.95 bits per heavy atom. The highest BCUT2D eigenvalue weighted by atomic mass is 19.1. The standard InChI is InChI=1S/C15H21FN2O2/c1-17(9-12-5-2-3-7-14(12)16)15(20)10-18-8-4-6-13(18)11-19/h2-3,5,7,13,19H,4,6,8-11H2,1H3/t13-/m0/s1. The van der Waals surface area contributed by atoms with Gasteiger partial charge >= 0.3 is 0 Å². The van der Waals surface area contributed by atoms with Crippen molar-refractivity contribution in [2.75, 3.05) is 26.7 Å². The molecular formula is C15H21FN2O2. The quantitative estimate of drug-likeness (QED) is 0.882. The summed E-state index contributed by atoms with van der Waals surface area (Å²) in [5.74, 6) is -0.338. The summed E-state index contributed by atoms with van der Waals surface area (Å²) in [4.78, 5) is 15.7. The lowest BCUT2D eigenvalue weighted by molar-refractivity contribution is -0.132. The summed E-state index contributed by atoms with van der Waals surface area (Å²) < 4.78 is 13.6. The molecule has 1 amide bonds. The topological polar surface area (TPSA) is 43.8 Å². The Kier molecular flexibility index (Phi) is 5.09. The van der Waals surface area contributed by atoms with E-state index >= 15 is 0 Å². The molecule has 1 aromatic rings. The Bertz CT molecular complexity index is 467. The Morgan fingerprint density at radius 1 is 1.50 bits per heavy atom. The van der Waals surface area contributed by atoms with Crippen LogP contribution in [0.25, 0.3) is 0 Å². The number of hydrogen-bond acceptors (Lipinski definition) is 3. The molecule has 1 aliphatic rings.